The van der Waals surface area contributed by atoms with E-state index in [0.29, 0.717) is 5.69 Å². The Bertz CT molecular complexity index is 800. The van der Waals surface area contributed by atoms with Crippen LogP contribution in [0.2, 0.25) is 0 Å². The summed E-state index contributed by atoms with van der Waals surface area (Å²) in [6, 6.07) is 14.5. The van der Waals surface area contributed by atoms with Crippen molar-refractivity contribution >= 4 is 5.69 Å². The fourth-order valence-electron chi connectivity index (χ4n) is 2.52. The van der Waals surface area contributed by atoms with Crippen LogP contribution in [0.1, 0.15) is 16.7 Å². The number of aryl methyl sites for hydroxylation is 3. The lowest BCUT2D eigenvalue weighted by molar-refractivity contribution is 0.874. The third-order valence-electron chi connectivity index (χ3n) is 3.75. The van der Waals surface area contributed by atoms with E-state index in [-0.39, 0.29) is 0 Å². The molecule has 0 aliphatic heterocycles. The van der Waals surface area contributed by atoms with E-state index in [2.05, 4.69) is 51.1 Å². The number of rotatable bonds is 2. The molecule has 0 aliphatic rings. The van der Waals surface area contributed by atoms with E-state index in [1.54, 1.807) is 0 Å². The number of hydrogen-bond acceptors (Lipinski definition) is 2. The Labute approximate surface area is 125 Å². The van der Waals surface area contributed by atoms with E-state index in [9.17, 15) is 0 Å². The molecule has 21 heavy (non-hydrogen) atoms. The van der Waals surface area contributed by atoms with Gasteiger partial charge in [-0.05, 0) is 43.5 Å². The average Bonchev–Trinajstić information content (AvgIpc) is 2.84. The first-order chi connectivity index (χ1) is 10.1. The van der Waals surface area contributed by atoms with Crippen LogP contribution in [0, 0.1) is 20.8 Å². The molecule has 0 amide bonds. The maximum atomic E-state index is 6.18. The van der Waals surface area contributed by atoms with Gasteiger partial charge in [0.25, 0.3) is 0 Å². The van der Waals surface area contributed by atoms with E-state index < -0.39 is 0 Å². The topological polar surface area (TPSA) is 43.8 Å². The van der Waals surface area contributed by atoms with Crippen molar-refractivity contribution in [2.45, 2.75) is 20.8 Å². The maximum Gasteiger partial charge on any atom is 0.116 e. The zero-order valence-electron chi connectivity index (χ0n) is 12.6. The number of hydrogen-bond donors (Lipinski definition) is 1. The summed E-state index contributed by atoms with van der Waals surface area (Å²) in [4.78, 5) is 0. The second-order valence-corrected chi connectivity index (χ2v) is 5.48. The molecule has 0 spiro atoms. The lowest BCUT2D eigenvalue weighted by atomic mass is 10.1. The van der Waals surface area contributed by atoms with Gasteiger partial charge in [0, 0.05) is 5.56 Å². The maximum absolute atomic E-state index is 6.18. The number of nitrogens with zero attached hydrogens (tertiary/aromatic N) is 2. The normalized spacial score (nSPS) is 10.8. The Morgan fingerprint density at radius 3 is 2.48 bits per heavy atom. The first-order valence-electron chi connectivity index (χ1n) is 7.05. The van der Waals surface area contributed by atoms with Gasteiger partial charge in [0.2, 0.25) is 0 Å². The van der Waals surface area contributed by atoms with Crippen LogP contribution >= 0.6 is 0 Å². The molecule has 2 N–H and O–H groups in total. The van der Waals surface area contributed by atoms with Crippen molar-refractivity contribution in [1.29, 1.82) is 0 Å². The zero-order valence-corrected chi connectivity index (χ0v) is 12.6. The summed E-state index contributed by atoms with van der Waals surface area (Å²) in [6.45, 7) is 6.24. The van der Waals surface area contributed by atoms with Crippen LogP contribution in [0.15, 0.2) is 48.7 Å². The van der Waals surface area contributed by atoms with Crippen LogP contribution in [0.3, 0.4) is 0 Å². The minimum absolute atomic E-state index is 0.699. The molecule has 0 bridgehead atoms. The van der Waals surface area contributed by atoms with Crippen molar-refractivity contribution in [3.63, 3.8) is 0 Å². The average molecular weight is 277 g/mol. The molecule has 0 aliphatic carbocycles. The summed E-state index contributed by atoms with van der Waals surface area (Å²) in [5.41, 5.74) is 13.4. The van der Waals surface area contributed by atoms with E-state index in [4.69, 9.17) is 10.8 Å². The Kier molecular flexibility index (Phi) is 3.26. The minimum Gasteiger partial charge on any atom is -0.396 e. The molecule has 0 saturated carbocycles. The molecule has 0 saturated heterocycles. The largest absolute Gasteiger partial charge is 0.396 e. The zero-order chi connectivity index (χ0) is 15.0. The number of anilines is 1. The summed E-state index contributed by atoms with van der Waals surface area (Å²) in [5, 5.41) is 4.70. The van der Waals surface area contributed by atoms with Gasteiger partial charge in [-0.25, -0.2) is 4.68 Å². The van der Waals surface area contributed by atoms with Gasteiger partial charge < -0.3 is 5.73 Å². The lowest BCUT2D eigenvalue weighted by Crippen LogP contribution is -1.98. The molecule has 3 aromatic rings. The molecular weight excluding hydrogens is 258 g/mol. The van der Waals surface area contributed by atoms with Gasteiger partial charge in [0.15, 0.2) is 0 Å². The Morgan fingerprint density at radius 2 is 1.71 bits per heavy atom. The summed E-state index contributed by atoms with van der Waals surface area (Å²) in [5.74, 6) is 0. The van der Waals surface area contributed by atoms with Crippen molar-refractivity contribution in [1.82, 2.24) is 9.78 Å². The van der Waals surface area contributed by atoms with Crippen molar-refractivity contribution < 1.29 is 0 Å². The van der Waals surface area contributed by atoms with Crippen LogP contribution in [0.25, 0.3) is 16.9 Å². The first-order valence-corrected chi connectivity index (χ1v) is 7.05. The van der Waals surface area contributed by atoms with Crippen molar-refractivity contribution in [3.8, 4) is 16.9 Å². The fraction of sp³-hybridized carbons (Fsp3) is 0.167. The Balaban J connectivity index is 2.14. The number of aromatic nitrogens is 2. The quantitative estimate of drug-likeness (QED) is 0.768. The molecule has 3 nitrogen and oxygen atoms in total. The van der Waals surface area contributed by atoms with Gasteiger partial charge in [-0.15, -0.1) is 0 Å². The van der Waals surface area contributed by atoms with Crippen molar-refractivity contribution in [2.24, 2.45) is 0 Å². The van der Waals surface area contributed by atoms with Crippen LogP contribution in [-0.4, -0.2) is 9.78 Å². The standard InChI is InChI=1S/C18H19N3/c1-12-8-9-14(3)17(10-12)21-11-16(19)18(20-21)15-7-5-4-6-13(15)2/h4-11H,19H2,1-3H3. The fourth-order valence-corrected chi connectivity index (χ4v) is 2.52. The van der Waals surface area contributed by atoms with Crippen LogP contribution in [0.4, 0.5) is 5.69 Å². The molecule has 1 heterocycles. The Hall–Kier alpha value is -2.55. The lowest BCUT2D eigenvalue weighted by Gasteiger charge is -2.07. The monoisotopic (exact) mass is 277 g/mol. The summed E-state index contributed by atoms with van der Waals surface area (Å²) < 4.78 is 1.87. The van der Waals surface area contributed by atoms with Gasteiger partial charge >= 0.3 is 0 Å². The Morgan fingerprint density at radius 1 is 0.952 bits per heavy atom. The summed E-state index contributed by atoms with van der Waals surface area (Å²) >= 11 is 0. The van der Waals surface area contributed by atoms with Crippen molar-refractivity contribution in [3.05, 3.63) is 65.4 Å². The highest BCUT2D eigenvalue weighted by Crippen LogP contribution is 2.28. The second-order valence-electron chi connectivity index (χ2n) is 5.48. The third kappa shape index (κ3) is 2.42. The van der Waals surface area contributed by atoms with Crippen LogP contribution < -0.4 is 5.73 Å². The number of benzene rings is 2. The van der Waals surface area contributed by atoms with Gasteiger partial charge in [0.1, 0.15) is 5.69 Å². The molecule has 0 radical (unpaired) electrons. The summed E-state index contributed by atoms with van der Waals surface area (Å²) in [7, 11) is 0. The van der Waals surface area contributed by atoms with E-state index in [1.807, 2.05) is 23.0 Å². The first kappa shape index (κ1) is 13.4. The highest BCUT2D eigenvalue weighted by Gasteiger charge is 2.12. The minimum atomic E-state index is 0.699. The summed E-state index contributed by atoms with van der Waals surface area (Å²) in [6.07, 6.45) is 1.89. The van der Waals surface area contributed by atoms with Gasteiger partial charge in [0.05, 0.1) is 17.6 Å². The molecule has 0 fully saturated rings. The van der Waals surface area contributed by atoms with Crippen LogP contribution in [-0.2, 0) is 0 Å². The van der Waals surface area contributed by atoms with E-state index in [0.717, 1.165) is 16.9 Å². The SMILES string of the molecule is Cc1ccc(C)c(-n2cc(N)c(-c3ccccc3C)n2)c1. The van der Waals surface area contributed by atoms with Crippen molar-refractivity contribution in [2.75, 3.05) is 5.73 Å². The van der Waals surface area contributed by atoms with E-state index >= 15 is 0 Å². The molecule has 2 aromatic carbocycles. The highest BCUT2D eigenvalue weighted by molar-refractivity contribution is 5.74. The number of nitrogen functional groups attached to an aromatic ring is 1. The van der Waals surface area contributed by atoms with Gasteiger partial charge in [-0.2, -0.15) is 5.10 Å². The van der Waals surface area contributed by atoms with Crippen LogP contribution in [0.5, 0.6) is 0 Å². The predicted octanol–water partition coefficient (Wildman–Crippen LogP) is 4.05. The highest BCUT2D eigenvalue weighted by atomic mass is 15.3. The number of nitrogens with two attached hydrogens (primary N) is 1. The molecular formula is C18H19N3. The third-order valence-corrected chi connectivity index (χ3v) is 3.75. The second kappa shape index (κ2) is 5.09. The molecule has 106 valence electrons. The molecule has 0 unspecified atom stereocenters. The predicted molar refractivity (Wildman–Crippen MR) is 87.6 cm³/mol. The smallest absolute Gasteiger partial charge is 0.116 e. The van der Waals surface area contributed by atoms with E-state index in [1.165, 1.54) is 16.7 Å². The molecule has 0 atom stereocenters. The van der Waals surface area contributed by atoms with Gasteiger partial charge in [-0.3, -0.25) is 0 Å². The molecule has 3 rings (SSSR count). The molecule has 1 aromatic heterocycles. The molecule has 3 heteroatoms. The van der Waals surface area contributed by atoms with Gasteiger partial charge in [-0.1, -0.05) is 36.4 Å².